The van der Waals surface area contributed by atoms with Crippen LogP contribution in [0.15, 0.2) is 24.3 Å². The van der Waals surface area contributed by atoms with Gasteiger partial charge in [-0.1, -0.05) is 25.5 Å². The third-order valence-electron chi connectivity index (χ3n) is 4.41. The van der Waals surface area contributed by atoms with Crippen molar-refractivity contribution in [3.8, 4) is 0 Å². The Morgan fingerprint density at radius 2 is 1.86 bits per heavy atom. The fourth-order valence-electron chi connectivity index (χ4n) is 3.01. The summed E-state index contributed by atoms with van der Waals surface area (Å²) >= 11 is 0. The van der Waals surface area contributed by atoms with Crippen LogP contribution < -0.4 is 10.2 Å². The first kappa shape index (κ1) is 14.1. The van der Waals surface area contributed by atoms with Crippen LogP contribution >= 0.6 is 0 Å². The van der Waals surface area contributed by atoms with E-state index in [0.29, 0.717) is 5.92 Å². The van der Waals surface area contributed by atoms with Gasteiger partial charge < -0.3 is 5.32 Å². The van der Waals surface area contributed by atoms with E-state index in [2.05, 4.69) is 24.4 Å². The van der Waals surface area contributed by atoms with Crippen molar-refractivity contribution in [2.45, 2.75) is 51.6 Å². The van der Waals surface area contributed by atoms with Gasteiger partial charge in [-0.25, -0.2) is 0 Å². The molecule has 1 aliphatic carbocycles. The largest absolute Gasteiger partial charge is 0.342 e. The summed E-state index contributed by atoms with van der Waals surface area (Å²) in [7, 11) is 0. The predicted octanol–water partition coefficient (Wildman–Crippen LogP) is 2.27. The molecule has 1 heterocycles. The topological polar surface area (TPSA) is 49.4 Å². The van der Waals surface area contributed by atoms with Gasteiger partial charge in [0.15, 0.2) is 0 Å². The highest BCUT2D eigenvalue weighted by molar-refractivity contribution is 6.08. The average Bonchev–Trinajstić information content (AvgIpc) is 3.30. The van der Waals surface area contributed by atoms with E-state index in [9.17, 15) is 9.59 Å². The molecule has 1 aromatic carbocycles. The first-order valence-electron chi connectivity index (χ1n) is 7.84. The average molecular weight is 286 g/mol. The van der Waals surface area contributed by atoms with E-state index >= 15 is 0 Å². The van der Waals surface area contributed by atoms with Crippen LogP contribution in [0.2, 0.25) is 0 Å². The molecule has 0 spiro atoms. The molecule has 0 radical (unpaired) electrons. The van der Waals surface area contributed by atoms with Crippen molar-refractivity contribution in [1.29, 1.82) is 0 Å². The fourth-order valence-corrected chi connectivity index (χ4v) is 3.01. The number of piperazine rings is 1. The lowest BCUT2D eigenvalue weighted by atomic mass is 10.0. The van der Waals surface area contributed by atoms with Crippen LogP contribution in [0.25, 0.3) is 0 Å². The summed E-state index contributed by atoms with van der Waals surface area (Å²) in [6, 6.07) is 7.26. The maximum atomic E-state index is 12.7. The van der Waals surface area contributed by atoms with Crippen molar-refractivity contribution >= 4 is 17.5 Å². The normalized spacial score (nSPS) is 25.9. The van der Waals surface area contributed by atoms with Gasteiger partial charge in [-0.05, 0) is 49.8 Å². The lowest BCUT2D eigenvalue weighted by Gasteiger charge is -2.37. The molecule has 1 N–H and O–H groups in total. The molecule has 2 atom stereocenters. The molecule has 2 fully saturated rings. The van der Waals surface area contributed by atoms with Gasteiger partial charge in [-0.15, -0.1) is 0 Å². The Balaban J connectivity index is 1.86. The monoisotopic (exact) mass is 286 g/mol. The number of aryl methyl sites for hydroxylation is 1. The Morgan fingerprint density at radius 1 is 1.19 bits per heavy atom. The van der Waals surface area contributed by atoms with E-state index in [0.717, 1.165) is 31.4 Å². The second-order valence-corrected chi connectivity index (χ2v) is 6.12. The zero-order valence-electron chi connectivity index (χ0n) is 12.6. The quantitative estimate of drug-likeness (QED) is 0.923. The van der Waals surface area contributed by atoms with Crippen LogP contribution in [-0.4, -0.2) is 23.9 Å². The minimum atomic E-state index is -0.440. The zero-order chi connectivity index (χ0) is 15.0. The van der Waals surface area contributed by atoms with E-state index in [4.69, 9.17) is 0 Å². The van der Waals surface area contributed by atoms with Crippen LogP contribution in [0.3, 0.4) is 0 Å². The minimum Gasteiger partial charge on any atom is -0.342 e. The minimum absolute atomic E-state index is 0.0350. The number of carbonyl (C=O) groups excluding carboxylic acids is 2. The van der Waals surface area contributed by atoms with Gasteiger partial charge in [0.1, 0.15) is 12.1 Å². The van der Waals surface area contributed by atoms with Crippen molar-refractivity contribution in [2.75, 3.05) is 4.90 Å². The molecule has 0 bridgehead atoms. The molecule has 1 aromatic rings. The molecule has 1 saturated heterocycles. The molecule has 1 saturated carbocycles. The Kier molecular flexibility index (Phi) is 3.70. The highest BCUT2D eigenvalue weighted by atomic mass is 16.2. The first-order valence-corrected chi connectivity index (χ1v) is 7.84. The van der Waals surface area contributed by atoms with Crippen LogP contribution in [-0.2, 0) is 16.0 Å². The van der Waals surface area contributed by atoms with Crippen LogP contribution in [0, 0.1) is 5.92 Å². The predicted molar refractivity (Wildman–Crippen MR) is 82.0 cm³/mol. The standard InChI is InChI=1S/C17H22N2O2/c1-3-4-12-5-9-14(10-6-12)19-11(2)16(20)18-15(17(19)21)13-7-8-13/h5-6,9-11,13,15H,3-4,7-8H2,1-2H3,(H,18,20). The Morgan fingerprint density at radius 3 is 2.43 bits per heavy atom. The summed E-state index contributed by atoms with van der Waals surface area (Å²) in [5, 5.41) is 2.88. The molecule has 0 aromatic heterocycles. The third kappa shape index (κ3) is 2.67. The van der Waals surface area contributed by atoms with Crippen molar-refractivity contribution in [3.05, 3.63) is 29.8 Å². The number of hydrogen-bond donors (Lipinski definition) is 1. The van der Waals surface area contributed by atoms with E-state index in [-0.39, 0.29) is 17.9 Å². The number of hydrogen-bond acceptors (Lipinski definition) is 2. The molecule has 4 nitrogen and oxygen atoms in total. The molecule has 3 rings (SSSR count). The summed E-state index contributed by atoms with van der Waals surface area (Å²) < 4.78 is 0. The summed E-state index contributed by atoms with van der Waals surface area (Å²) in [6.07, 6.45) is 4.21. The first-order chi connectivity index (χ1) is 10.1. The highest BCUT2D eigenvalue weighted by Crippen LogP contribution is 2.36. The van der Waals surface area contributed by atoms with E-state index in [1.165, 1.54) is 5.56 Å². The molecular formula is C17H22N2O2. The summed E-state index contributed by atoms with van der Waals surface area (Å²) in [5.74, 6) is 0.313. The second-order valence-electron chi connectivity index (χ2n) is 6.12. The molecular weight excluding hydrogens is 264 g/mol. The lowest BCUT2D eigenvalue weighted by molar-refractivity contribution is -0.133. The zero-order valence-corrected chi connectivity index (χ0v) is 12.6. The molecule has 21 heavy (non-hydrogen) atoms. The molecule has 2 amide bonds. The summed E-state index contributed by atoms with van der Waals surface area (Å²) in [4.78, 5) is 26.5. The third-order valence-corrected chi connectivity index (χ3v) is 4.41. The van der Waals surface area contributed by atoms with Gasteiger partial charge in [-0.3, -0.25) is 14.5 Å². The number of nitrogens with zero attached hydrogens (tertiary/aromatic N) is 1. The SMILES string of the molecule is CCCc1ccc(N2C(=O)C(C3CC3)NC(=O)C2C)cc1. The smallest absolute Gasteiger partial charge is 0.250 e. The molecule has 4 heteroatoms. The number of amides is 2. The number of rotatable bonds is 4. The van der Waals surface area contributed by atoms with Crippen molar-refractivity contribution in [2.24, 2.45) is 5.92 Å². The molecule has 112 valence electrons. The fraction of sp³-hybridized carbons (Fsp3) is 0.529. The van der Waals surface area contributed by atoms with Gasteiger partial charge in [0.2, 0.25) is 5.91 Å². The van der Waals surface area contributed by atoms with Crippen molar-refractivity contribution < 1.29 is 9.59 Å². The Labute approximate surface area is 125 Å². The van der Waals surface area contributed by atoms with Crippen LogP contribution in [0.1, 0.15) is 38.7 Å². The maximum Gasteiger partial charge on any atom is 0.250 e. The van der Waals surface area contributed by atoms with Crippen molar-refractivity contribution in [3.63, 3.8) is 0 Å². The Hall–Kier alpha value is -1.84. The second kappa shape index (κ2) is 5.51. The van der Waals surface area contributed by atoms with E-state index in [1.807, 2.05) is 12.1 Å². The van der Waals surface area contributed by atoms with Crippen LogP contribution in [0.5, 0.6) is 0 Å². The number of nitrogens with one attached hydrogen (secondary N) is 1. The summed E-state index contributed by atoms with van der Waals surface area (Å²) in [5.41, 5.74) is 2.09. The highest BCUT2D eigenvalue weighted by Gasteiger charge is 2.45. The maximum absolute atomic E-state index is 12.7. The van der Waals surface area contributed by atoms with Gasteiger partial charge in [0.25, 0.3) is 5.91 Å². The Bertz CT molecular complexity index is 548. The van der Waals surface area contributed by atoms with E-state index in [1.54, 1.807) is 11.8 Å². The van der Waals surface area contributed by atoms with Gasteiger partial charge in [0, 0.05) is 5.69 Å². The lowest BCUT2D eigenvalue weighted by Crippen LogP contribution is -2.63. The molecule has 2 aliphatic rings. The number of anilines is 1. The van der Waals surface area contributed by atoms with Gasteiger partial charge in [0.05, 0.1) is 0 Å². The van der Waals surface area contributed by atoms with Gasteiger partial charge in [-0.2, -0.15) is 0 Å². The van der Waals surface area contributed by atoms with Gasteiger partial charge >= 0.3 is 0 Å². The molecule has 1 aliphatic heterocycles. The molecule has 2 unspecified atom stereocenters. The number of carbonyl (C=O) groups is 2. The van der Waals surface area contributed by atoms with Crippen LogP contribution in [0.4, 0.5) is 5.69 Å². The number of benzene rings is 1. The van der Waals surface area contributed by atoms with E-state index < -0.39 is 6.04 Å². The summed E-state index contributed by atoms with van der Waals surface area (Å²) in [6.45, 7) is 3.94. The van der Waals surface area contributed by atoms with Crippen molar-refractivity contribution in [1.82, 2.24) is 5.32 Å².